The van der Waals surface area contributed by atoms with Crippen LogP contribution in [0, 0.1) is 13.8 Å². The summed E-state index contributed by atoms with van der Waals surface area (Å²) >= 11 is 0. The van der Waals surface area contributed by atoms with Gasteiger partial charge in [-0.05, 0) is 76.2 Å². The Morgan fingerprint density at radius 1 is 0.628 bits per heavy atom. The standard InChI is InChI=1S/2C15H13NO5.Cu/c2*1-8-7-12(17)13(15(20)21-8)9(2)16-11-5-3-10(4-6-11)14(18)19;/h2*3-7,20H,1-2H3,(H,18,19);. The van der Waals surface area contributed by atoms with Crippen molar-refractivity contribution < 1.29 is 55.9 Å². The second-order valence-electron chi connectivity index (χ2n) is 8.90. The van der Waals surface area contributed by atoms with Crippen molar-refractivity contribution in [3.05, 3.63) is 115 Å². The molecule has 2 heterocycles. The summed E-state index contributed by atoms with van der Waals surface area (Å²) in [4.78, 5) is 53.6. The Bertz CT molecular complexity index is 1690. The topological polar surface area (TPSA) is 200 Å². The van der Waals surface area contributed by atoms with Crippen LogP contribution in [-0.2, 0) is 17.1 Å². The zero-order valence-corrected chi connectivity index (χ0v) is 24.1. The minimum atomic E-state index is -1.03. The summed E-state index contributed by atoms with van der Waals surface area (Å²) in [7, 11) is 0. The molecule has 0 unspecified atom stereocenters. The van der Waals surface area contributed by atoms with E-state index in [0.29, 0.717) is 22.9 Å². The molecule has 2 aromatic heterocycles. The molecule has 227 valence electrons. The van der Waals surface area contributed by atoms with Gasteiger partial charge in [-0.2, -0.15) is 0 Å². The van der Waals surface area contributed by atoms with Crippen molar-refractivity contribution in [2.45, 2.75) is 27.7 Å². The van der Waals surface area contributed by atoms with Gasteiger partial charge in [0.15, 0.2) is 10.9 Å². The van der Waals surface area contributed by atoms with Gasteiger partial charge >= 0.3 is 11.9 Å². The Hall–Kier alpha value is -5.26. The molecular weight excluding hydrogens is 612 g/mol. The van der Waals surface area contributed by atoms with Crippen LogP contribution >= 0.6 is 0 Å². The smallest absolute Gasteiger partial charge is 0.335 e. The van der Waals surface area contributed by atoms with E-state index < -0.39 is 23.8 Å². The van der Waals surface area contributed by atoms with Crippen LogP contribution in [0.2, 0.25) is 0 Å². The van der Waals surface area contributed by atoms with Gasteiger partial charge in [-0.3, -0.25) is 19.6 Å². The van der Waals surface area contributed by atoms with Crippen molar-refractivity contribution in [2.75, 3.05) is 0 Å². The fourth-order valence-electron chi connectivity index (χ4n) is 3.71. The Balaban J connectivity index is 0.000000293. The summed E-state index contributed by atoms with van der Waals surface area (Å²) in [6.45, 7) is 6.24. The van der Waals surface area contributed by atoms with Crippen molar-refractivity contribution in [1.82, 2.24) is 0 Å². The van der Waals surface area contributed by atoms with E-state index in [1.54, 1.807) is 27.7 Å². The molecule has 0 aliphatic carbocycles. The first kappa shape index (κ1) is 33.9. The molecule has 0 saturated heterocycles. The number of carbonyl (C=O) groups is 2. The van der Waals surface area contributed by atoms with E-state index in [2.05, 4.69) is 9.98 Å². The van der Waals surface area contributed by atoms with Crippen LogP contribution in [0.25, 0.3) is 0 Å². The normalized spacial score (nSPS) is 11.2. The molecule has 2 aromatic carbocycles. The third-order valence-corrected chi connectivity index (χ3v) is 5.65. The van der Waals surface area contributed by atoms with Crippen LogP contribution in [0.4, 0.5) is 11.4 Å². The molecule has 13 heteroatoms. The summed E-state index contributed by atoms with van der Waals surface area (Å²) in [6.07, 6.45) is 0. The summed E-state index contributed by atoms with van der Waals surface area (Å²) in [5.74, 6) is -2.41. The minimum absolute atomic E-state index is 0. The van der Waals surface area contributed by atoms with Crippen LogP contribution in [0.3, 0.4) is 0 Å². The van der Waals surface area contributed by atoms with Crippen LogP contribution in [0.15, 0.2) is 89.1 Å². The van der Waals surface area contributed by atoms with Crippen molar-refractivity contribution in [2.24, 2.45) is 9.98 Å². The van der Waals surface area contributed by atoms with Crippen molar-refractivity contribution in [3.8, 4) is 11.9 Å². The van der Waals surface area contributed by atoms with Gasteiger partial charge in [0.1, 0.15) is 22.6 Å². The molecule has 12 nitrogen and oxygen atoms in total. The van der Waals surface area contributed by atoms with Gasteiger partial charge in [0, 0.05) is 29.2 Å². The predicted molar refractivity (Wildman–Crippen MR) is 153 cm³/mol. The van der Waals surface area contributed by atoms with Crippen molar-refractivity contribution in [3.63, 3.8) is 0 Å². The van der Waals surface area contributed by atoms with Crippen LogP contribution in [0.5, 0.6) is 11.9 Å². The van der Waals surface area contributed by atoms with E-state index in [-0.39, 0.29) is 61.6 Å². The number of hydrogen-bond donors (Lipinski definition) is 4. The van der Waals surface area contributed by atoms with Crippen LogP contribution in [0.1, 0.15) is 57.2 Å². The first-order chi connectivity index (χ1) is 19.8. The average molecular weight is 638 g/mol. The van der Waals surface area contributed by atoms with E-state index in [4.69, 9.17) is 19.0 Å². The number of carboxylic acids is 2. The molecule has 0 atom stereocenters. The molecule has 4 rings (SSSR count). The van der Waals surface area contributed by atoms with E-state index in [1.165, 1.54) is 60.7 Å². The molecule has 4 aromatic rings. The molecule has 0 aliphatic rings. The van der Waals surface area contributed by atoms with Gasteiger partial charge in [-0.25, -0.2) is 9.59 Å². The molecule has 43 heavy (non-hydrogen) atoms. The second-order valence-corrected chi connectivity index (χ2v) is 8.90. The van der Waals surface area contributed by atoms with Gasteiger partial charge in [-0.1, -0.05) is 0 Å². The molecule has 0 fully saturated rings. The predicted octanol–water partition coefficient (Wildman–Crippen LogP) is 4.98. The number of hydrogen-bond acceptors (Lipinski definition) is 10. The fourth-order valence-corrected chi connectivity index (χ4v) is 3.71. The maximum Gasteiger partial charge on any atom is 0.335 e. The summed E-state index contributed by atoms with van der Waals surface area (Å²) < 4.78 is 9.99. The zero-order chi connectivity index (χ0) is 31.1. The first-order valence-electron chi connectivity index (χ1n) is 12.2. The van der Waals surface area contributed by atoms with Gasteiger partial charge in [-0.15, -0.1) is 0 Å². The molecule has 0 saturated carbocycles. The number of aryl methyl sites for hydroxylation is 2. The zero-order valence-electron chi connectivity index (χ0n) is 23.2. The maximum absolute atomic E-state index is 11.9. The van der Waals surface area contributed by atoms with E-state index in [1.807, 2.05) is 0 Å². The average Bonchev–Trinajstić information content (AvgIpc) is 2.88. The Kier molecular flexibility index (Phi) is 11.5. The van der Waals surface area contributed by atoms with Crippen LogP contribution in [-0.4, -0.2) is 43.8 Å². The first-order valence-corrected chi connectivity index (χ1v) is 12.2. The third-order valence-electron chi connectivity index (χ3n) is 5.65. The van der Waals surface area contributed by atoms with E-state index in [0.717, 1.165) is 0 Å². The largest absolute Gasteiger partial charge is 0.480 e. The molecule has 0 spiro atoms. The minimum Gasteiger partial charge on any atom is -0.480 e. The quantitative estimate of drug-likeness (QED) is 0.165. The second kappa shape index (κ2) is 14.6. The van der Waals surface area contributed by atoms with Crippen LogP contribution < -0.4 is 10.9 Å². The number of nitrogens with zero attached hydrogens (tertiary/aromatic N) is 2. The SMILES string of the molecule is CC(=Nc1ccc(C(=O)O)cc1)c1c(O)oc(C)cc1=O.CC(=Nc1ccc(C(=O)O)cc1)c1c(O)oc(C)cc1=O.[Cu]. The summed E-state index contributed by atoms with van der Waals surface area (Å²) in [6, 6.07) is 14.2. The maximum atomic E-state index is 11.9. The van der Waals surface area contributed by atoms with E-state index in [9.17, 15) is 29.4 Å². The monoisotopic (exact) mass is 637 g/mol. The number of rotatable bonds is 6. The van der Waals surface area contributed by atoms with Gasteiger partial charge in [0.05, 0.1) is 33.9 Å². The molecular formula is C30H26CuN2O10. The van der Waals surface area contributed by atoms with Gasteiger partial charge < -0.3 is 29.3 Å². The Morgan fingerprint density at radius 3 is 1.19 bits per heavy atom. The fraction of sp³-hybridized carbons (Fsp3) is 0.133. The number of carboxylic acid groups (broad SMARTS) is 2. The van der Waals surface area contributed by atoms with Crippen molar-refractivity contribution in [1.29, 1.82) is 0 Å². The number of benzene rings is 2. The molecule has 0 aliphatic heterocycles. The summed E-state index contributed by atoms with van der Waals surface area (Å²) in [5.41, 5.74) is 0.987. The molecule has 0 amide bonds. The molecule has 1 radical (unpaired) electrons. The number of aromatic hydroxyl groups is 2. The van der Waals surface area contributed by atoms with Gasteiger partial charge in [0.2, 0.25) is 0 Å². The Labute approximate surface area is 254 Å². The van der Waals surface area contributed by atoms with Gasteiger partial charge in [0.25, 0.3) is 11.9 Å². The number of aliphatic imine (C=N–C) groups is 2. The summed E-state index contributed by atoms with van der Waals surface area (Å²) in [5, 5.41) is 37.0. The number of aromatic carboxylic acids is 2. The van der Waals surface area contributed by atoms with E-state index >= 15 is 0 Å². The molecule has 0 bridgehead atoms. The molecule has 4 N–H and O–H groups in total. The third kappa shape index (κ3) is 8.86. The Morgan fingerprint density at radius 2 is 0.930 bits per heavy atom. The van der Waals surface area contributed by atoms with Crippen molar-refractivity contribution >= 4 is 34.7 Å².